The van der Waals surface area contributed by atoms with Crippen LogP contribution in [0.15, 0.2) is 77.6 Å². The number of aromatic nitrogens is 1. The molecule has 21 heavy (non-hydrogen) atoms. The maximum absolute atomic E-state index is 10.9. The van der Waals surface area contributed by atoms with Gasteiger partial charge in [-0.1, -0.05) is 43.9 Å². The minimum Gasteiger partial charge on any atom is -0.478 e. The number of carboxylic acids is 1. The van der Waals surface area contributed by atoms with Gasteiger partial charge < -0.3 is 9.67 Å². The molecule has 1 heterocycles. The van der Waals surface area contributed by atoms with E-state index in [1.165, 1.54) is 0 Å². The molecule has 4 heteroatoms. The Balaban J connectivity index is 3.15. The predicted octanol–water partition coefficient (Wildman–Crippen LogP) is 2.97. The molecule has 1 rings (SSSR count). The molecule has 4 nitrogen and oxygen atoms in total. The van der Waals surface area contributed by atoms with E-state index in [9.17, 15) is 4.79 Å². The monoisotopic (exact) mass is 284 g/mol. The van der Waals surface area contributed by atoms with Crippen molar-refractivity contribution in [3.8, 4) is 0 Å². The summed E-state index contributed by atoms with van der Waals surface area (Å²) in [6.45, 7) is 5.92. The van der Waals surface area contributed by atoms with Gasteiger partial charge in [0.25, 0.3) is 0 Å². The highest BCUT2D eigenvalue weighted by Gasteiger charge is 2.01. The molecule has 0 fully saturated rings. The molecule has 1 aromatic heterocycles. The van der Waals surface area contributed by atoms with E-state index < -0.39 is 5.97 Å². The van der Waals surface area contributed by atoms with Gasteiger partial charge in [-0.05, 0) is 24.1 Å². The van der Waals surface area contributed by atoms with Gasteiger partial charge in [0, 0.05) is 19.3 Å². The SMILES string of the molecule is C=C(/C=C\C=C/CC)/C(=C\C(=O)O)N=c1ccccn1C. The van der Waals surface area contributed by atoms with E-state index in [4.69, 9.17) is 5.11 Å². The van der Waals surface area contributed by atoms with Crippen molar-refractivity contribution >= 4 is 5.97 Å². The molecule has 0 atom stereocenters. The van der Waals surface area contributed by atoms with E-state index in [0.29, 0.717) is 16.8 Å². The van der Waals surface area contributed by atoms with Crippen LogP contribution >= 0.6 is 0 Å². The second-order valence-electron chi connectivity index (χ2n) is 4.37. The smallest absolute Gasteiger partial charge is 0.330 e. The summed E-state index contributed by atoms with van der Waals surface area (Å²) < 4.78 is 1.81. The lowest BCUT2D eigenvalue weighted by molar-refractivity contribution is -0.131. The first-order chi connectivity index (χ1) is 10.0. The zero-order chi connectivity index (χ0) is 15.7. The van der Waals surface area contributed by atoms with E-state index in [1.807, 2.05) is 61.2 Å². The van der Waals surface area contributed by atoms with Crippen LogP contribution in [0.3, 0.4) is 0 Å². The van der Waals surface area contributed by atoms with Gasteiger partial charge in [0.05, 0.1) is 5.70 Å². The van der Waals surface area contributed by atoms with Gasteiger partial charge in [-0.25, -0.2) is 9.79 Å². The number of hydrogen-bond donors (Lipinski definition) is 1. The van der Waals surface area contributed by atoms with Gasteiger partial charge in [0.1, 0.15) is 5.49 Å². The summed E-state index contributed by atoms with van der Waals surface area (Å²) in [4.78, 5) is 15.3. The highest BCUT2D eigenvalue weighted by Crippen LogP contribution is 2.10. The number of carbonyl (C=O) groups is 1. The van der Waals surface area contributed by atoms with Crippen LogP contribution in [0.2, 0.25) is 0 Å². The highest BCUT2D eigenvalue weighted by atomic mass is 16.4. The van der Waals surface area contributed by atoms with Crippen LogP contribution in [-0.2, 0) is 11.8 Å². The highest BCUT2D eigenvalue weighted by molar-refractivity contribution is 5.81. The summed E-state index contributed by atoms with van der Waals surface area (Å²) in [5.41, 5.74) is 1.52. The third-order valence-corrected chi connectivity index (χ3v) is 2.63. The van der Waals surface area contributed by atoms with Crippen molar-refractivity contribution < 1.29 is 9.90 Å². The van der Waals surface area contributed by atoms with Crippen molar-refractivity contribution in [1.82, 2.24) is 4.57 Å². The van der Waals surface area contributed by atoms with Crippen LogP contribution in [0.5, 0.6) is 0 Å². The molecule has 0 bridgehead atoms. The summed E-state index contributed by atoms with van der Waals surface area (Å²) in [7, 11) is 1.85. The van der Waals surface area contributed by atoms with E-state index in [-0.39, 0.29) is 0 Å². The third kappa shape index (κ3) is 5.91. The number of carboxylic acid groups (broad SMARTS) is 1. The summed E-state index contributed by atoms with van der Waals surface area (Å²) >= 11 is 0. The third-order valence-electron chi connectivity index (χ3n) is 2.63. The molecule has 0 saturated carbocycles. The molecule has 0 unspecified atom stereocenters. The molecule has 1 N–H and O–H groups in total. The topological polar surface area (TPSA) is 54.6 Å². The minimum absolute atomic E-state index is 0.324. The molecule has 0 aliphatic rings. The zero-order valence-electron chi connectivity index (χ0n) is 12.4. The fourth-order valence-corrected chi connectivity index (χ4v) is 1.54. The first-order valence-corrected chi connectivity index (χ1v) is 6.68. The van der Waals surface area contributed by atoms with Crippen molar-refractivity contribution in [1.29, 1.82) is 0 Å². The van der Waals surface area contributed by atoms with Gasteiger partial charge in [-0.2, -0.15) is 0 Å². The Hall–Kier alpha value is -2.62. The number of aliphatic carboxylic acids is 1. The maximum Gasteiger partial charge on any atom is 0.330 e. The Kier molecular flexibility index (Phi) is 6.68. The number of rotatable bonds is 6. The Morgan fingerprint density at radius 3 is 2.81 bits per heavy atom. The van der Waals surface area contributed by atoms with Gasteiger partial charge in [0.15, 0.2) is 0 Å². The molecule has 1 aromatic rings. The summed E-state index contributed by atoms with van der Waals surface area (Å²) in [6.07, 6.45) is 11.3. The maximum atomic E-state index is 10.9. The van der Waals surface area contributed by atoms with Crippen LogP contribution in [-0.4, -0.2) is 15.6 Å². The molecule has 0 radical (unpaired) electrons. The van der Waals surface area contributed by atoms with Crippen molar-refractivity contribution in [2.75, 3.05) is 0 Å². The Morgan fingerprint density at radius 1 is 1.43 bits per heavy atom. The first-order valence-electron chi connectivity index (χ1n) is 6.68. The first kappa shape index (κ1) is 16.4. The number of nitrogens with zero attached hydrogens (tertiary/aromatic N) is 2. The molecular formula is C17H20N2O2. The number of pyridine rings is 1. The van der Waals surface area contributed by atoms with E-state index in [1.54, 1.807) is 6.08 Å². The quantitative estimate of drug-likeness (QED) is 0.645. The second kappa shape index (κ2) is 8.53. The Labute approximate surface area is 124 Å². The van der Waals surface area contributed by atoms with Crippen molar-refractivity contribution in [2.24, 2.45) is 12.0 Å². The molecule has 0 aromatic carbocycles. The molecule has 110 valence electrons. The lowest BCUT2D eigenvalue weighted by atomic mass is 10.2. The lowest BCUT2D eigenvalue weighted by Gasteiger charge is -2.02. The molecule has 0 saturated heterocycles. The van der Waals surface area contributed by atoms with Crippen molar-refractivity contribution in [2.45, 2.75) is 13.3 Å². The second-order valence-corrected chi connectivity index (χ2v) is 4.37. The minimum atomic E-state index is -1.05. The molecular weight excluding hydrogens is 264 g/mol. The van der Waals surface area contributed by atoms with Crippen LogP contribution < -0.4 is 5.49 Å². The molecule has 0 amide bonds. The van der Waals surface area contributed by atoms with Crippen molar-refractivity contribution in [3.05, 3.63) is 78.1 Å². The summed E-state index contributed by atoms with van der Waals surface area (Å²) in [5.74, 6) is -1.05. The van der Waals surface area contributed by atoms with E-state index >= 15 is 0 Å². The van der Waals surface area contributed by atoms with E-state index in [2.05, 4.69) is 11.6 Å². The molecule has 0 aliphatic carbocycles. The number of allylic oxidation sites excluding steroid dienone is 4. The summed E-state index contributed by atoms with van der Waals surface area (Å²) in [6, 6.07) is 5.54. The van der Waals surface area contributed by atoms with Crippen molar-refractivity contribution in [3.63, 3.8) is 0 Å². The average molecular weight is 284 g/mol. The van der Waals surface area contributed by atoms with Crippen LogP contribution in [0.4, 0.5) is 0 Å². The fraction of sp³-hybridized carbons (Fsp3) is 0.176. The predicted molar refractivity (Wildman–Crippen MR) is 84.4 cm³/mol. The van der Waals surface area contributed by atoms with Crippen LogP contribution in [0.25, 0.3) is 0 Å². The largest absolute Gasteiger partial charge is 0.478 e. The van der Waals surface area contributed by atoms with Crippen LogP contribution in [0, 0.1) is 0 Å². The Bertz CT molecular complexity index is 661. The summed E-state index contributed by atoms with van der Waals surface area (Å²) in [5, 5.41) is 8.97. The number of hydrogen-bond acceptors (Lipinski definition) is 2. The van der Waals surface area contributed by atoms with E-state index in [0.717, 1.165) is 12.5 Å². The zero-order valence-corrected chi connectivity index (χ0v) is 12.4. The van der Waals surface area contributed by atoms with Gasteiger partial charge in [0.2, 0.25) is 0 Å². The Morgan fingerprint density at radius 2 is 2.19 bits per heavy atom. The molecule has 0 aliphatic heterocycles. The van der Waals surface area contributed by atoms with Gasteiger partial charge in [-0.3, -0.25) is 0 Å². The lowest BCUT2D eigenvalue weighted by Crippen LogP contribution is -2.16. The van der Waals surface area contributed by atoms with Gasteiger partial charge >= 0.3 is 5.97 Å². The average Bonchev–Trinajstić information content (AvgIpc) is 2.44. The van der Waals surface area contributed by atoms with Gasteiger partial charge in [-0.15, -0.1) is 0 Å². The van der Waals surface area contributed by atoms with Crippen LogP contribution in [0.1, 0.15) is 13.3 Å². The number of aryl methyl sites for hydroxylation is 1. The molecule has 0 spiro atoms. The standard InChI is InChI=1S/C17H20N2O2/c1-4-5-6-7-10-14(2)15(13-17(20)21)18-16-11-8-9-12-19(16)3/h5-13H,2,4H2,1,3H3,(H,20,21)/b6-5-,10-7-,15-13+,18-16?. The normalized spacial score (nSPS) is 13.2. The fourth-order valence-electron chi connectivity index (χ4n) is 1.54.